The summed E-state index contributed by atoms with van der Waals surface area (Å²) in [5.41, 5.74) is 0. The van der Waals surface area contributed by atoms with Gasteiger partial charge in [-0.3, -0.25) is 9.69 Å². The molecule has 16 heavy (non-hydrogen) atoms. The summed E-state index contributed by atoms with van der Waals surface area (Å²) in [5.74, 6) is 0.299. The van der Waals surface area contributed by atoms with Gasteiger partial charge in [-0.05, 0) is 39.3 Å². The molecule has 0 aromatic rings. The summed E-state index contributed by atoms with van der Waals surface area (Å²) in [6, 6.07) is 0.250. The quantitative estimate of drug-likeness (QED) is 0.706. The minimum atomic E-state index is 0.0962. The number of hydrogen-bond acceptors (Lipinski definition) is 3. The summed E-state index contributed by atoms with van der Waals surface area (Å²) in [6.07, 6.45) is 3.77. The predicted molar refractivity (Wildman–Crippen MR) is 63.1 cm³/mol. The second-order valence-corrected chi connectivity index (χ2v) is 4.63. The molecule has 0 aromatic heterocycles. The molecule has 1 amide bonds. The lowest BCUT2D eigenvalue weighted by molar-refractivity contribution is -0.123. The smallest absolute Gasteiger partial charge is 0.234 e. The Hall–Kier alpha value is -0.900. The van der Waals surface area contributed by atoms with Crippen LogP contribution in [0.1, 0.15) is 33.1 Å². The molecule has 0 saturated carbocycles. The predicted octanol–water partition coefficient (Wildman–Crippen LogP) is 0.812. The topological polar surface area (TPSA) is 49.4 Å². The van der Waals surface area contributed by atoms with Crippen molar-refractivity contribution >= 4 is 12.2 Å². The summed E-state index contributed by atoms with van der Waals surface area (Å²) in [4.78, 5) is 24.3. The van der Waals surface area contributed by atoms with Crippen molar-refractivity contribution in [1.82, 2.24) is 10.2 Å². The van der Waals surface area contributed by atoms with Crippen molar-refractivity contribution in [2.45, 2.75) is 39.2 Å². The molecule has 1 N–H and O–H groups in total. The first-order valence-electron chi connectivity index (χ1n) is 6.12. The van der Waals surface area contributed by atoms with Crippen LogP contribution in [-0.2, 0) is 9.59 Å². The number of likely N-dealkylation sites (tertiary alicyclic amines) is 1. The van der Waals surface area contributed by atoms with Crippen molar-refractivity contribution in [2.24, 2.45) is 5.92 Å². The Morgan fingerprint density at radius 3 is 2.62 bits per heavy atom. The molecular formula is C12H22N2O2. The molecule has 1 heterocycles. The van der Waals surface area contributed by atoms with Gasteiger partial charge in [0.25, 0.3) is 0 Å². The summed E-state index contributed by atoms with van der Waals surface area (Å²) in [6.45, 7) is 6.25. The zero-order valence-corrected chi connectivity index (χ0v) is 10.2. The van der Waals surface area contributed by atoms with Crippen LogP contribution in [0.4, 0.5) is 0 Å². The second-order valence-electron chi connectivity index (χ2n) is 4.63. The fourth-order valence-electron chi connectivity index (χ4n) is 1.87. The molecular weight excluding hydrogens is 204 g/mol. The highest BCUT2D eigenvalue weighted by Gasteiger charge is 2.20. The lowest BCUT2D eigenvalue weighted by Crippen LogP contribution is -2.43. The number of amides is 1. The maximum Gasteiger partial charge on any atom is 0.234 e. The third kappa shape index (κ3) is 4.31. The van der Waals surface area contributed by atoms with Crippen LogP contribution in [0, 0.1) is 5.92 Å². The van der Waals surface area contributed by atoms with Gasteiger partial charge in [0.2, 0.25) is 5.91 Å². The molecule has 1 rings (SSSR count). The van der Waals surface area contributed by atoms with Gasteiger partial charge >= 0.3 is 0 Å². The number of nitrogens with one attached hydrogen (secondary N) is 1. The Morgan fingerprint density at radius 1 is 1.50 bits per heavy atom. The van der Waals surface area contributed by atoms with Crippen molar-refractivity contribution in [2.75, 3.05) is 19.6 Å². The van der Waals surface area contributed by atoms with Gasteiger partial charge in [0, 0.05) is 12.0 Å². The van der Waals surface area contributed by atoms with Crippen molar-refractivity contribution in [3.8, 4) is 0 Å². The number of hydrogen-bond donors (Lipinski definition) is 1. The molecule has 0 aromatic carbocycles. The van der Waals surface area contributed by atoms with E-state index >= 15 is 0 Å². The normalized spacial score (nSPS) is 20.4. The largest absolute Gasteiger partial charge is 0.353 e. The minimum Gasteiger partial charge on any atom is -0.353 e. The molecule has 4 nitrogen and oxygen atoms in total. The first-order valence-corrected chi connectivity index (χ1v) is 6.12. The molecule has 1 aliphatic rings. The first kappa shape index (κ1) is 13.2. The highest BCUT2D eigenvalue weighted by atomic mass is 16.2. The lowest BCUT2D eigenvalue weighted by atomic mass is 9.99. The SMILES string of the molecule is CCC(C)NC(=O)CN1CCC(C=O)CC1. The van der Waals surface area contributed by atoms with E-state index in [9.17, 15) is 9.59 Å². The van der Waals surface area contributed by atoms with E-state index in [0.29, 0.717) is 6.54 Å². The summed E-state index contributed by atoms with van der Waals surface area (Å²) in [5, 5.41) is 2.95. The average Bonchev–Trinajstić information content (AvgIpc) is 2.29. The summed E-state index contributed by atoms with van der Waals surface area (Å²) < 4.78 is 0. The van der Waals surface area contributed by atoms with Crippen LogP contribution in [0.3, 0.4) is 0 Å². The molecule has 0 spiro atoms. The number of nitrogens with zero attached hydrogens (tertiary/aromatic N) is 1. The molecule has 1 fully saturated rings. The van der Waals surface area contributed by atoms with Gasteiger partial charge in [-0.25, -0.2) is 0 Å². The van der Waals surface area contributed by atoms with Crippen molar-refractivity contribution in [3.05, 3.63) is 0 Å². The van der Waals surface area contributed by atoms with Crippen LogP contribution in [0.15, 0.2) is 0 Å². The maximum absolute atomic E-state index is 11.6. The second kappa shape index (κ2) is 6.63. The van der Waals surface area contributed by atoms with Crippen LogP contribution < -0.4 is 5.32 Å². The van der Waals surface area contributed by atoms with Crippen molar-refractivity contribution in [1.29, 1.82) is 0 Å². The van der Waals surface area contributed by atoms with E-state index in [1.165, 1.54) is 0 Å². The van der Waals surface area contributed by atoms with Gasteiger partial charge in [-0.15, -0.1) is 0 Å². The number of piperidine rings is 1. The highest BCUT2D eigenvalue weighted by Crippen LogP contribution is 2.14. The molecule has 0 aliphatic carbocycles. The standard InChI is InChI=1S/C12H22N2O2/c1-3-10(2)13-12(16)8-14-6-4-11(9-15)5-7-14/h9-11H,3-8H2,1-2H3,(H,13,16). The molecule has 1 unspecified atom stereocenters. The van der Waals surface area contributed by atoms with Crippen LogP contribution in [-0.4, -0.2) is 42.8 Å². The Morgan fingerprint density at radius 2 is 2.12 bits per heavy atom. The van der Waals surface area contributed by atoms with E-state index in [1.54, 1.807) is 0 Å². The van der Waals surface area contributed by atoms with E-state index < -0.39 is 0 Å². The Balaban J connectivity index is 2.23. The van der Waals surface area contributed by atoms with Gasteiger partial charge in [0.15, 0.2) is 0 Å². The Kier molecular flexibility index (Phi) is 5.46. The zero-order chi connectivity index (χ0) is 12.0. The van der Waals surface area contributed by atoms with Gasteiger partial charge < -0.3 is 10.1 Å². The van der Waals surface area contributed by atoms with Crippen LogP contribution in [0.5, 0.6) is 0 Å². The Labute approximate surface area is 97.4 Å². The first-order chi connectivity index (χ1) is 7.65. The number of aldehydes is 1. The molecule has 1 aliphatic heterocycles. The van der Waals surface area contributed by atoms with Crippen LogP contribution in [0.25, 0.3) is 0 Å². The number of carbonyl (C=O) groups excluding carboxylic acids is 2. The van der Waals surface area contributed by atoms with Crippen LogP contribution in [0.2, 0.25) is 0 Å². The van der Waals surface area contributed by atoms with E-state index in [1.807, 2.05) is 6.92 Å². The fraction of sp³-hybridized carbons (Fsp3) is 0.833. The molecule has 4 heteroatoms. The lowest BCUT2D eigenvalue weighted by Gasteiger charge is -2.29. The molecule has 0 bridgehead atoms. The Bertz CT molecular complexity index is 235. The maximum atomic E-state index is 11.6. The van der Waals surface area contributed by atoms with E-state index in [4.69, 9.17) is 0 Å². The van der Waals surface area contributed by atoms with E-state index in [-0.39, 0.29) is 17.9 Å². The van der Waals surface area contributed by atoms with Crippen molar-refractivity contribution in [3.63, 3.8) is 0 Å². The zero-order valence-electron chi connectivity index (χ0n) is 10.2. The fourth-order valence-corrected chi connectivity index (χ4v) is 1.87. The van der Waals surface area contributed by atoms with Gasteiger partial charge in [0.05, 0.1) is 6.54 Å². The van der Waals surface area contributed by atoms with Gasteiger partial charge in [-0.1, -0.05) is 6.92 Å². The highest BCUT2D eigenvalue weighted by molar-refractivity contribution is 5.78. The third-order valence-electron chi connectivity index (χ3n) is 3.21. The van der Waals surface area contributed by atoms with E-state index in [0.717, 1.165) is 38.6 Å². The third-order valence-corrected chi connectivity index (χ3v) is 3.21. The van der Waals surface area contributed by atoms with Crippen molar-refractivity contribution < 1.29 is 9.59 Å². The van der Waals surface area contributed by atoms with Gasteiger partial charge in [-0.2, -0.15) is 0 Å². The van der Waals surface area contributed by atoms with Crippen LogP contribution >= 0.6 is 0 Å². The number of rotatable bonds is 5. The molecule has 0 radical (unpaired) electrons. The number of carbonyl (C=O) groups is 2. The molecule has 1 saturated heterocycles. The minimum absolute atomic E-state index is 0.0962. The molecule has 92 valence electrons. The van der Waals surface area contributed by atoms with E-state index in [2.05, 4.69) is 17.1 Å². The monoisotopic (exact) mass is 226 g/mol. The average molecular weight is 226 g/mol. The molecule has 1 atom stereocenters. The van der Waals surface area contributed by atoms with Gasteiger partial charge in [0.1, 0.15) is 6.29 Å². The summed E-state index contributed by atoms with van der Waals surface area (Å²) >= 11 is 0. The summed E-state index contributed by atoms with van der Waals surface area (Å²) in [7, 11) is 0.